The van der Waals surface area contributed by atoms with Gasteiger partial charge in [0.1, 0.15) is 11.6 Å². The third kappa shape index (κ3) is 3.52. The summed E-state index contributed by atoms with van der Waals surface area (Å²) in [5, 5.41) is 3.36. The van der Waals surface area contributed by atoms with Crippen LogP contribution in [0.1, 0.15) is 62.5 Å². The van der Waals surface area contributed by atoms with Crippen molar-refractivity contribution < 1.29 is 9.53 Å². The number of carbonyl (C=O) groups excluding carboxylic acids is 1. The van der Waals surface area contributed by atoms with Crippen LogP contribution in [0.5, 0.6) is 5.75 Å². The summed E-state index contributed by atoms with van der Waals surface area (Å²) in [6, 6.07) is 7.69. The first kappa shape index (κ1) is 19.8. The van der Waals surface area contributed by atoms with Crippen molar-refractivity contribution in [2.45, 2.75) is 51.4 Å². The van der Waals surface area contributed by atoms with E-state index >= 15 is 0 Å². The minimum atomic E-state index is -0.478. The number of aromatic nitrogens is 2. The van der Waals surface area contributed by atoms with Crippen LogP contribution in [0.3, 0.4) is 0 Å². The Kier molecular flexibility index (Phi) is 5.26. The van der Waals surface area contributed by atoms with Crippen molar-refractivity contribution in [3.05, 3.63) is 57.0 Å². The fourth-order valence-electron chi connectivity index (χ4n) is 5.02. The molecule has 5 rings (SSSR count). The molecule has 1 aromatic carbocycles. The van der Waals surface area contributed by atoms with Crippen LogP contribution >= 0.6 is 0 Å². The predicted octanol–water partition coefficient (Wildman–Crippen LogP) is 3.72. The summed E-state index contributed by atoms with van der Waals surface area (Å²) in [4.78, 5) is 36.5. The van der Waals surface area contributed by atoms with Gasteiger partial charge in [0.15, 0.2) is 5.78 Å². The highest BCUT2D eigenvalue weighted by Crippen LogP contribution is 2.45. The summed E-state index contributed by atoms with van der Waals surface area (Å²) in [6.07, 6.45) is 5.49. The number of Topliss-reactive ketones (excluding diaryl/α,β-unsaturated/α-hetero) is 1. The first-order chi connectivity index (χ1) is 15.2. The van der Waals surface area contributed by atoms with Gasteiger partial charge in [0.2, 0.25) is 5.95 Å². The number of rotatable bonds is 4. The summed E-state index contributed by atoms with van der Waals surface area (Å²) >= 11 is 0. The molecule has 1 unspecified atom stereocenters. The molecule has 31 heavy (non-hydrogen) atoms. The SMILES string of the molecule is CCOc1ccccc1C1C2=C(CCCC2=O)Nc2nc(N3CCCCC3)[nH]c(=O)c21. The zero-order valence-electron chi connectivity index (χ0n) is 17.9. The summed E-state index contributed by atoms with van der Waals surface area (Å²) < 4.78 is 5.88. The van der Waals surface area contributed by atoms with Crippen molar-refractivity contribution in [3.8, 4) is 5.75 Å². The zero-order valence-corrected chi connectivity index (χ0v) is 17.9. The quantitative estimate of drug-likeness (QED) is 0.784. The lowest BCUT2D eigenvalue weighted by atomic mass is 9.76. The van der Waals surface area contributed by atoms with Gasteiger partial charge in [-0.2, -0.15) is 4.98 Å². The van der Waals surface area contributed by atoms with Crippen molar-refractivity contribution in [2.75, 3.05) is 29.9 Å². The van der Waals surface area contributed by atoms with Crippen LogP contribution in [0.15, 0.2) is 40.3 Å². The van der Waals surface area contributed by atoms with Gasteiger partial charge in [0, 0.05) is 36.3 Å². The maximum absolute atomic E-state index is 13.4. The standard InChI is InChI=1S/C24H28N4O3/c1-2-31-18-12-5-4-9-15(18)19-20-16(10-8-11-17(20)29)25-22-21(19)23(30)27-24(26-22)28-13-6-3-7-14-28/h4-5,9,12,19H,2-3,6-8,10-11,13-14H2,1H3,(H2,25,26,27,30). The van der Waals surface area contributed by atoms with E-state index in [-0.39, 0.29) is 11.3 Å². The van der Waals surface area contributed by atoms with Crippen molar-refractivity contribution in [1.82, 2.24) is 9.97 Å². The molecule has 1 aliphatic carbocycles. The van der Waals surface area contributed by atoms with Crippen LogP contribution in [-0.4, -0.2) is 35.4 Å². The molecule has 162 valence electrons. The smallest absolute Gasteiger partial charge is 0.258 e. The molecular weight excluding hydrogens is 392 g/mol. The van der Waals surface area contributed by atoms with E-state index in [0.29, 0.717) is 41.7 Å². The first-order valence-corrected chi connectivity index (χ1v) is 11.3. The van der Waals surface area contributed by atoms with Crippen molar-refractivity contribution in [3.63, 3.8) is 0 Å². The molecule has 2 N–H and O–H groups in total. The van der Waals surface area contributed by atoms with Crippen molar-refractivity contribution in [2.24, 2.45) is 0 Å². The van der Waals surface area contributed by atoms with E-state index in [9.17, 15) is 9.59 Å². The molecule has 1 atom stereocenters. The number of H-pyrrole nitrogens is 1. The third-order valence-electron chi connectivity index (χ3n) is 6.43. The molecule has 0 saturated carbocycles. The number of nitrogens with zero attached hydrogens (tertiary/aromatic N) is 2. The number of para-hydroxylation sites is 1. The van der Waals surface area contributed by atoms with Gasteiger partial charge in [-0.25, -0.2) is 0 Å². The lowest BCUT2D eigenvalue weighted by Gasteiger charge is -2.34. The Morgan fingerprint density at radius 1 is 1.10 bits per heavy atom. The lowest BCUT2D eigenvalue weighted by Crippen LogP contribution is -2.36. The zero-order chi connectivity index (χ0) is 21.4. The maximum Gasteiger partial charge on any atom is 0.258 e. The molecule has 2 aliphatic heterocycles. The molecule has 1 aromatic heterocycles. The van der Waals surface area contributed by atoms with Gasteiger partial charge in [-0.3, -0.25) is 14.6 Å². The molecule has 1 fully saturated rings. The molecule has 7 heteroatoms. The molecule has 2 aromatic rings. The number of fused-ring (bicyclic) bond motifs is 1. The Labute approximate surface area is 181 Å². The number of ether oxygens (including phenoxy) is 1. The Morgan fingerprint density at radius 3 is 2.71 bits per heavy atom. The number of hydrogen-bond donors (Lipinski definition) is 2. The summed E-state index contributed by atoms with van der Waals surface area (Å²) in [7, 11) is 0. The van der Waals surface area contributed by atoms with E-state index < -0.39 is 5.92 Å². The Bertz CT molecular complexity index is 1100. The second kappa shape index (κ2) is 8.21. The highest BCUT2D eigenvalue weighted by atomic mass is 16.5. The van der Waals surface area contributed by atoms with Crippen LogP contribution in [0, 0.1) is 0 Å². The molecule has 0 spiro atoms. The fourth-order valence-corrected chi connectivity index (χ4v) is 5.02. The van der Waals surface area contributed by atoms with Gasteiger partial charge in [-0.05, 0) is 45.1 Å². The largest absolute Gasteiger partial charge is 0.494 e. The highest BCUT2D eigenvalue weighted by Gasteiger charge is 2.39. The van der Waals surface area contributed by atoms with Crippen LogP contribution < -0.4 is 20.5 Å². The van der Waals surface area contributed by atoms with Crippen LogP contribution in [-0.2, 0) is 4.79 Å². The third-order valence-corrected chi connectivity index (χ3v) is 6.43. The first-order valence-electron chi connectivity index (χ1n) is 11.3. The van der Waals surface area contributed by atoms with Gasteiger partial charge >= 0.3 is 0 Å². The van der Waals surface area contributed by atoms with Crippen molar-refractivity contribution >= 4 is 17.5 Å². The van der Waals surface area contributed by atoms with Gasteiger partial charge in [0.25, 0.3) is 5.56 Å². The Hall–Kier alpha value is -3.09. The average molecular weight is 421 g/mol. The summed E-state index contributed by atoms with van der Waals surface area (Å²) in [5.41, 5.74) is 2.72. The molecule has 3 aliphatic rings. The molecule has 0 radical (unpaired) electrons. The summed E-state index contributed by atoms with van der Waals surface area (Å²) in [6.45, 7) is 4.23. The minimum absolute atomic E-state index is 0.0928. The number of piperidine rings is 1. The van der Waals surface area contributed by atoms with E-state index in [4.69, 9.17) is 9.72 Å². The number of nitrogens with one attached hydrogen (secondary N) is 2. The number of benzene rings is 1. The molecule has 3 heterocycles. The molecule has 7 nitrogen and oxygen atoms in total. The number of ketones is 1. The number of carbonyl (C=O) groups is 1. The van der Waals surface area contributed by atoms with Gasteiger partial charge in [0.05, 0.1) is 18.1 Å². The van der Waals surface area contributed by atoms with E-state index in [1.807, 2.05) is 31.2 Å². The number of hydrogen-bond acceptors (Lipinski definition) is 6. The van der Waals surface area contributed by atoms with E-state index in [1.54, 1.807) is 0 Å². The Morgan fingerprint density at radius 2 is 1.90 bits per heavy atom. The lowest BCUT2D eigenvalue weighted by molar-refractivity contribution is -0.116. The monoisotopic (exact) mass is 420 g/mol. The predicted molar refractivity (Wildman–Crippen MR) is 120 cm³/mol. The molecule has 1 saturated heterocycles. The fraction of sp³-hybridized carbons (Fsp3) is 0.458. The van der Waals surface area contributed by atoms with E-state index in [0.717, 1.165) is 50.0 Å². The van der Waals surface area contributed by atoms with Gasteiger partial charge in [-0.15, -0.1) is 0 Å². The normalized spacial score (nSPS) is 20.7. The van der Waals surface area contributed by atoms with Gasteiger partial charge in [-0.1, -0.05) is 18.2 Å². The van der Waals surface area contributed by atoms with E-state index in [2.05, 4.69) is 15.2 Å². The second-order valence-electron chi connectivity index (χ2n) is 8.40. The molecule has 0 amide bonds. The second-order valence-corrected chi connectivity index (χ2v) is 8.40. The van der Waals surface area contributed by atoms with Crippen LogP contribution in [0.2, 0.25) is 0 Å². The highest BCUT2D eigenvalue weighted by molar-refractivity contribution is 6.01. The van der Waals surface area contributed by atoms with Gasteiger partial charge < -0.3 is 15.0 Å². The molecular formula is C24H28N4O3. The van der Waals surface area contributed by atoms with Crippen molar-refractivity contribution in [1.29, 1.82) is 0 Å². The van der Waals surface area contributed by atoms with Crippen LogP contribution in [0.4, 0.5) is 11.8 Å². The number of allylic oxidation sites excluding steroid dienone is 2. The maximum atomic E-state index is 13.4. The number of anilines is 2. The Balaban J connectivity index is 1.69. The average Bonchev–Trinajstić information content (AvgIpc) is 2.79. The van der Waals surface area contributed by atoms with E-state index in [1.165, 1.54) is 6.42 Å². The minimum Gasteiger partial charge on any atom is -0.494 e. The topological polar surface area (TPSA) is 87.3 Å². The summed E-state index contributed by atoms with van der Waals surface area (Å²) in [5.74, 6) is 1.49. The molecule has 0 bridgehead atoms. The number of aromatic amines is 1. The van der Waals surface area contributed by atoms with Crippen LogP contribution in [0.25, 0.3) is 0 Å².